The number of ether oxygens (including phenoxy) is 2. The third-order valence-electron chi connectivity index (χ3n) is 6.04. The molecule has 2 heterocycles. The lowest BCUT2D eigenvalue weighted by Crippen LogP contribution is -2.51. The normalized spacial score (nSPS) is 15.3. The van der Waals surface area contributed by atoms with Gasteiger partial charge in [-0.25, -0.2) is 9.48 Å². The molecule has 0 fully saturated rings. The van der Waals surface area contributed by atoms with Crippen molar-refractivity contribution in [2.45, 2.75) is 39.0 Å². The fourth-order valence-corrected chi connectivity index (χ4v) is 4.40. The van der Waals surface area contributed by atoms with Crippen molar-refractivity contribution in [2.75, 3.05) is 11.5 Å². The first-order valence-electron chi connectivity index (χ1n) is 12.2. The highest BCUT2D eigenvalue weighted by Gasteiger charge is 2.34. The van der Waals surface area contributed by atoms with Crippen LogP contribution in [0.1, 0.15) is 32.0 Å². The number of carbonyl (C=O) groups excluding carboxylic acids is 2. The third kappa shape index (κ3) is 4.89. The molecule has 192 valence electrons. The lowest BCUT2D eigenvalue weighted by Gasteiger charge is -2.25. The topological polar surface area (TPSA) is 109 Å². The largest absolute Gasteiger partial charge is 0.489 e. The van der Waals surface area contributed by atoms with Crippen LogP contribution >= 0.6 is 0 Å². The van der Waals surface area contributed by atoms with E-state index in [0.29, 0.717) is 28.4 Å². The Hall–Kier alpha value is -4.84. The van der Waals surface area contributed by atoms with Gasteiger partial charge in [0.1, 0.15) is 30.1 Å². The average Bonchev–Trinajstić information content (AvgIpc) is 3.20. The predicted octanol–water partition coefficient (Wildman–Crippen LogP) is 4.72. The molecule has 0 saturated carbocycles. The van der Waals surface area contributed by atoms with Gasteiger partial charge in [-0.15, -0.1) is 0 Å². The van der Waals surface area contributed by atoms with Crippen molar-refractivity contribution in [3.05, 3.63) is 84.1 Å². The highest BCUT2D eigenvalue weighted by molar-refractivity contribution is 6.01. The van der Waals surface area contributed by atoms with Crippen LogP contribution in [0.3, 0.4) is 0 Å². The third-order valence-corrected chi connectivity index (χ3v) is 6.04. The molecule has 9 heteroatoms. The molecule has 5 rings (SSSR count). The number of hydrogen-bond acceptors (Lipinski definition) is 6. The number of fused-ring (bicyclic) bond motifs is 2. The van der Waals surface area contributed by atoms with Crippen LogP contribution in [0, 0.1) is 11.3 Å². The molecule has 0 saturated heterocycles. The van der Waals surface area contributed by atoms with Crippen LogP contribution in [0.4, 0.5) is 10.5 Å². The molecule has 1 aromatic heterocycles. The summed E-state index contributed by atoms with van der Waals surface area (Å²) in [5.74, 6) is 0.171. The summed E-state index contributed by atoms with van der Waals surface area (Å²) < 4.78 is 13.0. The van der Waals surface area contributed by atoms with Gasteiger partial charge in [0.05, 0.1) is 34.7 Å². The fourth-order valence-electron chi connectivity index (χ4n) is 4.40. The molecule has 3 aromatic carbocycles. The number of amides is 2. The maximum atomic E-state index is 13.8. The second kappa shape index (κ2) is 9.90. The van der Waals surface area contributed by atoms with Gasteiger partial charge in [0.2, 0.25) is 0 Å². The Morgan fingerprint density at radius 2 is 1.76 bits per heavy atom. The maximum absolute atomic E-state index is 13.8. The van der Waals surface area contributed by atoms with Gasteiger partial charge < -0.3 is 19.7 Å². The van der Waals surface area contributed by atoms with Gasteiger partial charge in [0.15, 0.2) is 0 Å². The zero-order valence-electron chi connectivity index (χ0n) is 21.3. The Labute approximate surface area is 220 Å². The number of alkyl carbamates (subject to hydrolysis) is 1. The van der Waals surface area contributed by atoms with Crippen molar-refractivity contribution in [1.29, 1.82) is 5.26 Å². The molecule has 1 aliphatic heterocycles. The first-order valence-corrected chi connectivity index (χ1v) is 12.2. The van der Waals surface area contributed by atoms with Crippen LogP contribution < -0.4 is 15.0 Å². The monoisotopic (exact) mass is 509 g/mol. The highest BCUT2D eigenvalue weighted by atomic mass is 16.6. The molecule has 0 radical (unpaired) electrons. The lowest BCUT2D eigenvalue weighted by molar-refractivity contribution is -0.121. The van der Waals surface area contributed by atoms with E-state index in [4.69, 9.17) is 14.6 Å². The van der Waals surface area contributed by atoms with Crippen LogP contribution in [0.15, 0.2) is 72.8 Å². The summed E-state index contributed by atoms with van der Waals surface area (Å²) in [4.78, 5) is 27.9. The van der Waals surface area contributed by atoms with E-state index >= 15 is 0 Å². The van der Waals surface area contributed by atoms with E-state index in [2.05, 4.69) is 11.4 Å². The number of aromatic nitrogens is 2. The van der Waals surface area contributed by atoms with Crippen molar-refractivity contribution in [2.24, 2.45) is 0 Å². The molecular weight excluding hydrogens is 482 g/mol. The Morgan fingerprint density at radius 1 is 1.08 bits per heavy atom. The average molecular weight is 510 g/mol. The number of para-hydroxylation sites is 4. The van der Waals surface area contributed by atoms with Gasteiger partial charge in [0.25, 0.3) is 5.91 Å². The standard InChI is InChI=1S/C29H27N5O4/c1-29(2,3)38-28(36)31-22-18-37-26-15-9-8-14-25(26)33(27(22)35)17-21-20-11-5-7-13-24(20)34(32-21)23-12-6-4-10-19(23)16-30/h4-15,22H,17-18H2,1-3H3,(H,31,36)/t22-/m0/s1. The molecule has 1 atom stereocenters. The summed E-state index contributed by atoms with van der Waals surface area (Å²) in [5, 5.41) is 18.0. The van der Waals surface area contributed by atoms with Crippen LogP contribution in [0.25, 0.3) is 16.6 Å². The van der Waals surface area contributed by atoms with Crippen LogP contribution in [-0.2, 0) is 16.1 Å². The number of rotatable bonds is 4. The summed E-state index contributed by atoms with van der Waals surface area (Å²) in [5.41, 5.74) is 2.43. The fraction of sp³-hybridized carbons (Fsp3) is 0.241. The summed E-state index contributed by atoms with van der Waals surface area (Å²) in [7, 11) is 0. The van der Waals surface area contributed by atoms with E-state index in [1.165, 1.54) is 0 Å². The van der Waals surface area contributed by atoms with Crippen molar-refractivity contribution < 1.29 is 19.1 Å². The molecule has 0 spiro atoms. The van der Waals surface area contributed by atoms with E-state index in [9.17, 15) is 14.9 Å². The Morgan fingerprint density at radius 3 is 2.53 bits per heavy atom. The van der Waals surface area contributed by atoms with E-state index < -0.39 is 17.7 Å². The summed E-state index contributed by atoms with van der Waals surface area (Å²) in [6, 6.07) is 23.4. The van der Waals surface area contributed by atoms with E-state index in [1.807, 2.05) is 48.5 Å². The summed E-state index contributed by atoms with van der Waals surface area (Å²) in [6.07, 6.45) is -0.701. The van der Waals surface area contributed by atoms with Gasteiger partial charge in [-0.3, -0.25) is 4.79 Å². The SMILES string of the molecule is CC(C)(C)OC(=O)N[C@H]1COc2ccccc2N(Cc2nn(-c3ccccc3C#N)c3ccccc23)C1=O. The second-order valence-electron chi connectivity index (χ2n) is 9.91. The Bertz CT molecular complexity index is 1560. The van der Waals surface area contributed by atoms with Crippen molar-refractivity contribution >= 4 is 28.6 Å². The molecule has 0 bridgehead atoms. The number of carbonyl (C=O) groups is 2. The smallest absolute Gasteiger partial charge is 0.408 e. The zero-order chi connectivity index (χ0) is 26.9. The lowest BCUT2D eigenvalue weighted by atomic mass is 10.1. The van der Waals surface area contributed by atoms with Crippen molar-refractivity contribution in [3.8, 4) is 17.5 Å². The molecular formula is C29H27N5O4. The molecule has 1 aliphatic rings. The first kappa shape index (κ1) is 24.8. The van der Waals surface area contributed by atoms with Gasteiger partial charge in [0, 0.05) is 5.39 Å². The number of nitriles is 1. The van der Waals surface area contributed by atoms with E-state index in [-0.39, 0.29) is 19.1 Å². The number of hydrogen-bond donors (Lipinski definition) is 1. The van der Waals surface area contributed by atoms with Crippen molar-refractivity contribution in [1.82, 2.24) is 15.1 Å². The minimum atomic E-state index is -0.968. The van der Waals surface area contributed by atoms with E-state index in [0.717, 1.165) is 10.9 Å². The van der Waals surface area contributed by atoms with Crippen molar-refractivity contribution in [3.63, 3.8) is 0 Å². The van der Waals surface area contributed by atoms with Crippen LogP contribution in [0.2, 0.25) is 0 Å². The van der Waals surface area contributed by atoms with Gasteiger partial charge in [-0.05, 0) is 51.1 Å². The molecule has 1 N–H and O–H groups in total. The second-order valence-corrected chi connectivity index (χ2v) is 9.91. The molecule has 2 amide bonds. The number of anilines is 1. The van der Waals surface area contributed by atoms with Gasteiger partial charge >= 0.3 is 6.09 Å². The number of benzene rings is 3. The molecule has 0 unspecified atom stereocenters. The Kier molecular flexibility index (Phi) is 6.47. The predicted molar refractivity (Wildman–Crippen MR) is 142 cm³/mol. The molecule has 4 aromatic rings. The zero-order valence-corrected chi connectivity index (χ0v) is 21.3. The van der Waals surface area contributed by atoms with Gasteiger partial charge in [-0.1, -0.05) is 42.5 Å². The molecule has 9 nitrogen and oxygen atoms in total. The summed E-state index contributed by atoms with van der Waals surface area (Å²) >= 11 is 0. The Balaban J connectivity index is 1.55. The van der Waals surface area contributed by atoms with E-state index in [1.54, 1.807) is 54.6 Å². The number of nitrogens with one attached hydrogen (secondary N) is 1. The van der Waals surface area contributed by atoms with Gasteiger partial charge in [-0.2, -0.15) is 10.4 Å². The van der Waals surface area contributed by atoms with Crippen LogP contribution in [0.5, 0.6) is 5.75 Å². The molecule has 38 heavy (non-hydrogen) atoms. The minimum Gasteiger partial charge on any atom is -0.489 e. The highest BCUT2D eigenvalue weighted by Crippen LogP contribution is 2.34. The quantitative estimate of drug-likeness (QED) is 0.427. The first-order chi connectivity index (χ1) is 18.2. The minimum absolute atomic E-state index is 0.0453. The molecule has 0 aliphatic carbocycles. The number of nitrogens with zero attached hydrogens (tertiary/aromatic N) is 4. The summed E-state index contributed by atoms with van der Waals surface area (Å²) in [6.45, 7) is 5.34. The van der Waals surface area contributed by atoms with Crippen LogP contribution in [-0.4, -0.2) is 40.0 Å². The maximum Gasteiger partial charge on any atom is 0.408 e.